The topological polar surface area (TPSA) is 118 Å². The molecule has 8 nitrogen and oxygen atoms in total. The Morgan fingerprint density at radius 2 is 2.06 bits per heavy atom. The molecular weight excluding hydrogens is 392 g/mol. The molecule has 2 aliphatic heterocycles. The van der Waals surface area contributed by atoms with Crippen LogP contribution in [0.4, 0.5) is 0 Å². The lowest BCUT2D eigenvalue weighted by atomic mass is 10.0. The fourth-order valence-corrected chi connectivity index (χ4v) is 3.91. The number of benzene rings is 2. The Balaban J connectivity index is 1.48. The zero-order valence-corrected chi connectivity index (χ0v) is 16.7. The van der Waals surface area contributed by atoms with Crippen LogP contribution in [0.1, 0.15) is 34.3 Å². The highest BCUT2D eigenvalue weighted by atomic mass is 16.5. The first kappa shape index (κ1) is 19.2. The van der Waals surface area contributed by atoms with Crippen molar-refractivity contribution >= 4 is 23.0 Å². The highest BCUT2D eigenvalue weighted by molar-refractivity contribution is 6.05. The Labute approximate surface area is 178 Å². The van der Waals surface area contributed by atoms with Crippen molar-refractivity contribution in [2.75, 3.05) is 0 Å². The minimum absolute atomic E-state index is 0.138. The van der Waals surface area contributed by atoms with E-state index in [0.29, 0.717) is 23.4 Å². The molecule has 0 spiro atoms. The molecule has 2 unspecified atom stereocenters. The molecule has 0 saturated carbocycles. The predicted molar refractivity (Wildman–Crippen MR) is 118 cm³/mol. The molecule has 1 amide bonds. The quantitative estimate of drug-likeness (QED) is 0.510. The van der Waals surface area contributed by atoms with Gasteiger partial charge < -0.3 is 15.6 Å². The fourth-order valence-electron chi connectivity index (χ4n) is 3.91. The van der Waals surface area contributed by atoms with E-state index in [4.69, 9.17) is 10.3 Å². The minimum Gasteiger partial charge on any atom is -0.366 e. The number of nitrogens with zero attached hydrogens (tertiary/aromatic N) is 2. The van der Waals surface area contributed by atoms with Crippen molar-refractivity contribution in [3.05, 3.63) is 89.0 Å². The highest BCUT2D eigenvalue weighted by Crippen LogP contribution is 2.30. The van der Waals surface area contributed by atoms with Gasteiger partial charge in [0, 0.05) is 23.7 Å². The number of nitrogens with two attached hydrogens (primary N) is 1. The van der Waals surface area contributed by atoms with Gasteiger partial charge in [0.15, 0.2) is 5.76 Å². The lowest BCUT2D eigenvalue weighted by molar-refractivity contribution is 0.100. The summed E-state index contributed by atoms with van der Waals surface area (Å²) < 4.78 is 5.67. The van der Waals surface area contributed by atoms with Crippen LogP contribution in [0.15, 0.2) is 81.6 Å². The molecule has 5 N–H and O–H groups in total. The molecular formula is C23H22N6O2. The van der Waals surface area contributed by atoms with E-state index in [-0.39, 0.29) is 6.17 Å². The zero-order valence-electron chi connectivity index (χ0n) is 16.7. The maximum Gasteiger partial charge on any atom is 0.251 e. The maximum atomic E-state index is 11.8. The van der Waals surface area contributed by atoms with Crippen molar-refractivity contribution < 1.29 is 9.32 Å². The Morgan fingerprint density at radius 1 is 1.19 bits per heavy atom. The second-order valence-corrected chi connectivity index (χ2v) is 7.44. The number of hydrogen-bond acceptors (Lipinski definition) is 7. The first-order valence-corrected chi connectivity index (χ1v) is 10.1. The van der Waals surface area contributed by atoms with Crippen LogP contribution in [0.25, 0.3) is 10.9 Å². The minimum atomic E-state index is -0.540. The van der Waals surface area contributed by atoms with E-state index in [1.165, 1.54) is 5.56 Å². The number of hydrogen-bond donors (Lipinski definition) is 4. The number of amides is 1. The van der Waals surface area contributed by atoms with Gasteiger partial charge in [0.25, 0.3) is 5.91 Å². The number of carbonyl (C=O) groups is 1. The summed E-state index contributed by atoms with van der Waals surface area (Å²) in [5.41, 5.74) is 8.57. The van der Waals surface area contributed by atoms with Crippen molar-refractivity contribution in [2.45, 2.75) is 25.3 Å². The molecule has 2 aliphatic rings. The van der Waals surface area contributed by atoms with Crippen LogP contribution in [0.2, 0.25) is 0 Å². The van der Waals surface area contributed by atoms with Crippen LogP contribution in [0, 0.1) is 0 Å². The molecule has 0 bridgehead atoms. The SMILES string of the molecule is NC(=O)c1cccc2c(C3NC4=C(CC=CC=N4)C(NCc4ccccc4)N3)onc12. The van der Waals surface area contributed by atoms with E-state index < -0.39 is 12.1 Å². The Kier molecular flexibility index (Phi) is 5.07. The molecule has 31 heavy (non-hydrogen) atoms. The molecule has 2 aromatic carbocycles. The molecule has 156 valence electrons. The van der Waals surface area contributed by atoms with Crippen LogP contribution < -0.4 is 21.7 Å². The van der Waals surface area contributed by atoms with E-state index in [2.05, 4.69) is 44.3 Å². The number of aliphatic imine (C=N–C) groups is 1. The lowest BCUT2D eigenvalue weighted by Crippen LogP contribution is -2.53. The molecule has 8 heteroatoms. The van der Waals surface area contributed by atoms with Crippen LogP contribution in [-0.2, 0) is 6.54 Å². The second kappa shape index (κ2) is 8.17. The average Bonchev–Trinajstić information content (AvgIpc) is 3.08. The largest absolute Gasteiger partial charge is 0.366 e. The predicted octanol–water partition coefficient (Wildman–Crippen LogP) is 2.48. The van der Waals surface area contributed by atoms with Gasteiger partial charge in [0.1, 0.15) is 17.5 Å². The number of primary amides is 1. The van der Waals surface area contributed by atoms with Gasteiger partial charge in [-0.25, -0.2) is 4.99 Å². The average molecular weight is 414 g/mol. The van der Waals surface area contributed by atoms with E-state index in [1.54, 1.807) is 18.3 Å². The van der Waals surface area contributed by atoms with E-state index >= 15 is 0 Å². The van der Waals surface area contributed by atoms with Gasteiger partial charge in [0.2, 0.25) is 0 Å². The van der Waals surface area contributed by atoms with Crippen LogP contribution in [-0.4, -0.2) is 23.4 Å². The molecule has 2 atom stereocenters. The number of aromatic nitrogens is 1. The first-order valence-electron chi connectivity index (χ1n) is 10.1. The Hall–Kier alpha value is -3.75. The standard InChI is InChI=1S/C23H22N6O2/c24-20(30)16-11-6-10-15-18(16)29-31-19(15)23-27-21-17(9-4-5-12-25-21)22(28-23)26-13-14-7-2-1-3-8-14/h1-8,10-12,22-23,26-28H,9,13H2,(H2,24,30). The molecule has 0 fully saturated rings. The zero-order chi connectivity index (χ0) is 21.2. The molecule has 1 aromatic heterocycles. The normalized spacial score (nSPS) is 20.4. The second-order valence-electron chi connectivity index (χ2n) is 7.44. The van der Waals surface area contributed by atoms with Crippen LogP contribution >= 0.6 is 0 Å². The molecule has 3 aromatic rings. The molecule has 0 aliphatic carbocycles. The number of allylic oxidation sites excluding steroid dienone is 2. The van der Waals surface area contributed by atoms with Crippen molar-refractivity contribution in [1.82, 2.24) is 21.1 Å². The summed E-state index contributed by atoms with van der Waals surface area (Å²) in [6.45, 7) is 0.693. The van der Waals surface area contributed by atoms with Crippen LogP contribution in [0.5, 0.6) is 0 Å². The van der Waals surface area contributed by atoms with Gasteiger partial charge in [-0.2, -0.15) is 0 Å². The summed E-state index contributed by atoms with van der Waals surface area (Å²) in [6, 6.07) is 15.5. The molecule has 5 rings (SSSR count). The van der Waals surface area contributed by atoms with Gasteiger partial charge in [-0.05, 0) is 30.2 Å². The summed E-state index contributed by atoms with van der Waals surface area (Å²) >= 11 is 0. The highest BCUT2D eigenvalue weighted by Gasteiger charge is 2.32. The smallest absolute Gasteiger partial charge is 0.251 e. The number of rotatable bonds is 5. The molecule has 3 heterocycles. The third-order valence-corrected chi connectivity index (χ3v) is 5.45. The van der Waals surface area contributed by atoms with Crippen LogP contribution in [0.3, 0.4) is 0 Å². The number of fused-ring (bicyclic) bond motifs is 1. The lowest BCUT2D eigenvalue weighted by Gasteiger charge is -2.34. The fraction of sp³-hybridized carbons (Fsp3) is 0.174. The van der Waals surface area contributed by atoms with Crippen molar-refractivity contribution in [2.24, 2.45) is 10.7 Å². The summed E-state index contributed by atoms with van der Waals surface area (Å²) in [7, 11) is 0. The van der Waals surface area contributed by atoms with Gasteiger partial charge in [0.05, 0.1) is 11.7 Å². The van der Waals surface area contributed by atoms with Crippen molar-refractivity contribution in [3.8, 4) is 0 Å². The summed E-state index contributed by atoms with van der Waals surface area (Å²) in [5.74, 6) is 0.820. The summed E-state index contributed by atoms with van der Waals surface area (Å²) in [4.78, 5) is 16.3. The third-order valence-electron chi connectivity index (χ3n) is 5.45. The molecule has 0 saturated heterocycles. The Morgan fingerprint density at radius 3 is 2.90 bits per heavy atom. The maximum absolute atomic E-state index is 11.8. The van der Waals surface area contributed by atoms with Gasteiger partial charge in [-0.1, -0.05) is 47.6 Å². The first-order chi connectivity index (χ1) is 15.2. The van der Waals surface area contributed by atoms with Crippen molar-refractivity contribution in [1.29, 1.82) is 0 Å². The Bertz CT molecular complexity index is 1210. The summed E-state index contributed by atoms with van der Waals surface area (Å²) in [6.07, 6.45) is 6.02. The van der Waals surface area contributed by atoms with Gasteiger partial charge in [-0.3, -0.25) is 15.4 Å². The molecule has 0 radical (unpaired) electrons. The summed E-state index contributed by atoms with van der Waals surface area (Å²) in [5, 5.41) is 15.4. The van der Waals surface area contributed by atoms with E-state index in [1.807, 2.05) is 30.3 Å². The van der Waals surface area contributed by atoms with Crippen molar-refractivity contribution in [3.63, 3.8) is 0 Å². The van der Waals surface area contributed by atoms with E-state index in [9.17, 15) is 4.79 Å². The van der Waals surface area contributed by atoms with E-state index in [0.717, 1.165) is 23.2 Å². The van der Waals surface area contributed by atoms with Gasteiger partial charge in [-0.15, -0.1) is 0 Å². The number of carbonyl (C=O) groups excluding carboxylic acids is 1. The monoisotopic (exact) mass is 414 g/mol. The third kappa shape index (κ3) is 3.74. The van der Waals surface area contributed by atoms with Gasteiger partial charge >= 0.3 is 0 Å². The number of nitrogens with one attached hydrogen (secondary N) is 3.